The summed E-state index contributed by atoms with van der Waals surface area (Å²) in [5.41, 5.74) is 8.48. The smallest absolute Gasteiger partial charge is 0.0831 e. The molecule has 0 unspecified atom stereocenters. The highest BCUT2D eigenvalue weighted by Gasteiger charge is 2.09. The Balaban J connectivity index is 2.14. The number of nitrogen functional groups attached to an aromatic ring is 1. The van der Waals surface area contributed by atoms with Crippen LogP contribution in [0.25, 0.3) is 0 Å². The van der Waals surface area contributed by atoms with Crippen LogP contribution >= 0.6 is 0 Å². The van der Waals surface area contributed by atoms with E-state index in [0.717, 1.165) is 16.8 Å². The largest absolute Gasteiger partial charge is 0.399 e. The van der Waals surface area contributed by atoms with Crippen molar-refractivity contribution in [1.29, 1.82) is 0 Å². The lowest BCUT2D eigenvalue weighted by Crippen LogP contribution is -2.03. The molecular formula is C14H15NO. The summed E-state index contributed by atoms with van der Waals surface area (Å²) < 4.78 is 0. The number of aliphatic hydroxyl groups is 1. The molecular weight excluding hydrogens is 198 g/mol. The number of hydrogen-bond donors (Lipinski definition) is 2. The van der Waals surface area contributed by atoms with E-state index >= 15 is 0 Å². The molecule has 0 aromatic heterocycles. The van der Waals surface area contributed by atoms with Crippen LogP contribution in [-0.4, -0.2) is 5.11 Å². The molecule has 0 heterocycles. The second-order valence-electron chi connectivity index (χ2n) is 3.83. The number of anilines is 1. The molecule has 3 N–H and O–H groups in total. The second kappa shape index (κ2) is 4.81. The molecule has 2 heteroatoms. The first-order chi connectivity index (χ1) is 7.77. The molecule has 82 valence electrons. The minimum Gasteiger partial charge on any atom is -0.399 e. The molecule has 2 nitrogen and oxygen atoms in total. The lowest BCUT2D eigenvalue weighted by molar-refractivity contribution is 0.178. The Morgan fingerprint density at radius 1 is 0.938 bits per heavy atom. The molecule has 0 saturated carbocycles. The zero-order valence-corrected chi connectivity index (χ0v) is 9.01. The van der Waals surface area contributed by atoms with Crippen molar-refractivity contribution in [3.63, 3.8) is 0 Å². The molecule has 0 spiro atoms. The van der Waals surface area contributed by atoms with Gasteiger partial charge in [-0.3, -0.25) is 0 Å². The summed E-state index contributed by atoms with van der Waals surface area (Å²) in [7, 11) is 0. The van der Waals surface area contributed by atoms with Crippen LogP contribution in [0.2, 0.25) is 0 Å². The third-order valence-electron chi connectivity index (χ3n) is 2.65. The van der Waals surface area contributed by atoms with E-state index in [9.17, 15) is 5.11 Å². The molecule has 0 fully saturated rings. The zero-order valence-electron chi connectivity index (χ0n) is 9.01. The van der Waals surface area contributed by atoms with Gasteiger partial charge in [-0.1, -0.05) is 48.5 Å². The van der Waals surface area contributed by atoms with E-state index in [0.29, 0.717) is 6.42 Å². The fraction of sp³-hybridized carbons (Fsp3) is 0.143. The predicted octanol–water partition coefficient (Wildman–Crippen LogP) is 2.54. The van der Waals surface area contributed by atoms with Crippen LogP contribution in [0.1, 0.15) is 17.2 Å². The van der Waals surface area contributed by atoms with Crippen molar-refractivity contribution < 1.29 is 5.11 Å². The quantitative estimate of drug-likeness (QED) is 0.770. The van der Waals surface area contributed by atoms with Gasteiger partial charge in [-0.05, 0) is 17.2 Å². The second-order valence-corrected chi connectivity index (χ2v) is 3.83. The molecule has 0 saturated heterocycles. The minimum atomic E-state index is -0.495. The van der Waals surface area contributed by atoms with Gasteiger partial charge in [0.1, 0.15) is 0 Å². The highest BCUT2D eigenvalue weighted by molar-refractivity contribution is 5.46. The van der Waals surface area contributed by atoms with Gasteiger partial charge in [0.05, 0.1) is 6.10 Å². The summed E-state index contributed by atoms with van der Waals surface area (Å²) in [6.45, 7) is 0. The fourth-order valence-corrected chi connectivity index (χ4v) is 1.72. The van der Waals surface area contributed by atoms with Crippen molar-refractivity contribution in [1.82, 2.24) is 0 Å². The molecule has 0 radical (unpaired) electrons. The average Bonchev–Trinajstić information content (AvgIpc) is 2.33. The maximum absolute atomic E-state index is 10.0. The molecule has 0 aliphatic carbocycles. The van der Waals surface area contributed by atoms with E-state index in [1.54, 1.807) is 0 Å². The van der Waals surface area contributed by atoms with Gasteiger partial charge in [0, 0.05) is 12.1 Å². The number of nitrogens with two attached hydrogens (primary N) is 1. The van der Waals surface area contributed by atoms with E-state index in [2.05, 4.69) is 0 Å². The van der Waals surface area contributed by atoms with Gasteiger partial charge < -0.3 is 10.8 Å². The summed E-state index contributed by atoms with van der Waals surface area (Å²) in [5, 5.41) is 10.0. The Bertz CT molecular complexity index is 453. The van der Waals surface area contributed by atoms with E-state index in [-0.39, 0.29) is 0 Å². The molecule has 0 bridgehead atoms. The fourth-order valence-electron chi connectivity index (χ4n) is 1.72. The topological polar surface area (TPSA) is 46.2 Å². The average molecular weight is 213 g/mol. The molecule has 0 aliphatic rings. The third-order valence-corrected chi connectivity index (χ3v) is 2.65. The Morgan fingerprint density at radius 3 is 2.25 bits per heavy atom. The van der Waals surface area contributed by atoms with Gasteiger partial charge in [-0.2, -0.15) is 0 Å². The summed E-state index contributed by atoms with van der Waals surface area (Å²) in [6.07, 6.45) is 0.0577. The first kappa shape index (κ1) is 10.7. The Hall–Kier alpha value is -1.80. The van der Waals surface area contributed by atoms with Crippen LogP contribution < -0.4 is 5.73 Å². The number of hydrogen-bond acceptors (Lipinski definition) is 2. The molecule has 2 aromatic carbocycles. The van der Waals surface area contributed by atoms with Crippen molar-refractivity contribution in [2.75, 3.05) is 5.73 Å². The first-order valence-corrected chi connectivity index (χ1v) is 5.34. The van der Waals surface area contributed by atoms with E-state index in [1.165, 1.54) is 0 Å². The van der Waals surface area contributed by atoms with Crippen LogP contribution in [-0.2, 0) is 6.42 Å². The Morgan fingerprint density at radius 2 is 1.56 bits per heavy atom. The Labute approximate surface area is 95.4 Å². The summed E-state index contributed by atoms with van der Waals surface area (Å²) >= 11 is 0. The zero-order chi connectivity index (χ0) is 11.4. The van der Waals surface area contributed by atoms with E-state index in [1.807, 2.05) is 54.6 Å². The van der Waals surface area contributed by atoms with E-state index < -0.39 is 6.10 Å². The molecule has 2 aromatic rings. The van der Waals surface area contributed by atoms with Crippen LogP contribution in [0.5, 0.6) is 0 Å². The summed E-state index contributed by atoms with van der Waals surface area (Å²) in [5.74, 6) is 0. The predicted molar refractivity (Wildman–Crippen MR) is 66.0 cm³/mol. The maximum Gasteiger partial charge on any atom is 0.0831 e. The van der Waals surface area contributed by atoms with Gasteiger partial charge in [0.2, 0.25) is 0 Å². The third kappa shape index (κ3) is 2.41. The van der Waals surface area contributed by atoms with Crippen molar-refractivity contribution in [2.45, 2.75) is 12.5 Å². The minimum absolute atomic E-state index is 0.495. The van der Waals surface area contributed by atoms with Crippen LogP contribution in [0.4, 0.5) is 5.69 Å². The molecule has 1 atom stereocenters. The first-order valence-electron chi connectivity index (χ1n) is 5.34. The molecule has 2 rings (SSSR count). The lowest BCUT2D eigenvalue weighted by atomic mass is 10.0. The van der Waals surface area contributed by atoms with Gasteiger partial charge in [0.25, 0.3) is 0 Å². The van der Waals surface area contributed by atoms with Gasteiger partial charge in [-0.15, -0.1) is 0 Å². The SMILES string of the molecule is Nc1ccccc1C[C@H](O)c1ccccc1. The highest BCUT2D eigenvalue weighted by Crippen LogP contribution is 2.21. The van der Waals surface area contributed by atoms with E-state index in [4.69, 9.17) is 5.73 Å². The number of aliphatic hydroxyl groups excluding tert-OH is 1. The van der Waals surface area contributed by atoms with Crippen LogP contribution in [0.3, 0.4) is 0 Å². The van der Waals surface area contributed by atoms with Crippen molar-refractivity contribution in [3.8, 4) is 0 Å². The Kier molecular flexibility index (Phi) is 3.22. The van der Waals surface area contributed by atoms with Gasteiger partial charge in [0.15, 0.2) is 0 Å². The monoisotopic (exact) mass is 213 g/mol. The van der Waals surface area contributed by atoms with Crippen molar-refractivity contribution >= 4 is 5.69 Å². The van der Waals surface area contributed by atoms with Crippen molar-refractivity contribution in [2.24, 2.45) is 0 Å². The normalized spacial score (nSPS) is 12.3. The van der Waals surface area contributed by atoms with Gasteiger partial charge in [-0.25, -0.2) is 0 Å². The van der Waals surface area contributed by atoms with Crippen LogP contribution in [0, 0.1) is 0 Å². The molecule has 16 heavy (non-hydrogen) atoms. The summed E-state index contributed by atoms with van der Waals surface area (Å²) in [6, 6.07) is 17.3. The molecule has 0 amide bonds. The number of rotatable bonds is 3. The van der Waals surface area contributed by atoms with Gasteiger partial charge >= 0.3 is 0 Å². The van der Waals surface area contributed by atoms with Crippen LogP contribution in [0.15, 0.2) is 54.6 Å². The highest BCUT2D eigenvalue weighted by atomic mass is 16.3. The maximum atomic E-state index is 10.0. The van der Waals surface area contributed by atoms with Crippen molar-refractivity contribution in [3.05, 3.63) is 65.7 Å². The summed E-state index contributed by atoms with van der Waals surface area (Å²) in [4.78, 5) is 0. The lowest BCUT2D eigenvalue weighted by Gasteiger charge is -2.12. The molecule has 0 aliphatic heterocycles. The standard InChI is InChI=1S/C14H15NO/c15-13-9-5-4-8-12(13)10-14(16)11-6-2-1-3-7-11/h1-9,14,16H,10,15H2/t14-/m0/s1. The number of para-hydroxylation sites is 1. The number of benzene rings is 2.